The topological polar surface area (TPSA) is 29.1 Å². The lowest BCUT2D eigenvalue weighted by Crippen LogP contribution is -2.25. The highest BCUT2D eigenvalue weighted by Crippen LogP contribution is 2.15. The number of halogens is 1. The SMILES string of the molecule is O=C(C1=CSCCN1)c1ccc(F)cc1. The van der Waals surface area contributed by atoms with Crippen LogP contribution in [0.3, 0.4) is 0 Å². The van der Waals surface area contributed by atoms with Gasteiger partial charge in [0.25, 0.3) is 0 Å². The maximum atomic E-state index is 12.6. The van der Waals surface area contributed by atoms with Gasteiger partial charge in [0.15, 0.2) is 0 Å². The van der Waals surface area contributed by atoms with Crippen molar-refractivity contribution in [2.24, 2.45) is 0 Å². The van der Waals surface area contributed by atoms with E-state index in [1.807, 2.05) is 5.41 Å². The fourth-order valence-corrected chi connectivity index (χ4v) is 2.01. The minimum absolute atomic E-state index is 0.0813. The molecule has 0 bridgehead atoms. The van der Waals surface area contributed by atoms with E-state index in [2.05, 4.69) is 5.32 Å². The lowest BCUT2D eigenvalue weighted by molar-refractivity contribution is 0.102. The van der Waals surface area contributed by atoms with Crippen LogP contribution in [0.1, 0.15) is 10.4 Å². The molecule has 0 amide bonds. The van der Waals surface area contributed by atoms with Gasteiger partial charge in [-0.3, -0.25) is 4.79 Å². The lowest BCUT2D eigenvalue weighted by atomic mass is 10.1. The van der Waals surface area contributed by atoms with E-state index in [0.717, 1.165) is 12.3 Å². The molecule has 78 valence electrons. The molecule has 0 aromatic heterocycles. The molecule has 0 saturated carbocycles. The third-order valence-corrected chi connectivity index (χ3v) is 2.93. The van der Waals surface area contributed by atoms with Gasteiger partial charge in [0.2, 0.25) is 5.78 Å². The zero-order valence-electron chi connectivity index (χ0n) is 8.00. The fraction of sp³-hybridized carbons (Fsp3) is 0.182. The Morgan fingerprint density at radius 3 is 2.67 bits per heavy atom. The van der Waals surface area contributed by atoms with E-state index in [-0.39, 0.29) is 11.6 Å². The Labute approximate surface area is 91.6 Å². The molecule has 0 unspecified atom stereocenters. The van der Waals surface area contributed by atoms with Gasteiger partial charge in [-0.05, 0) is 29.7 Å². The van der Waals surface area contributed by atoms with Crippen LogP contribution in [0.4, 0.5) is 4.39 Å². The molecule has 1 aliphatic heterocycles. The zero-order valence-corrected chi connectivity index (χ0v) is 8.81. The maximum Gasteiger partial charge on any atom is 0.209 e. The lowest BCUT2D eigenvalue weighted by Gasteiger charge is -2.13. The number of carbonyl (C=O) groups is 1. The summed E-state index contributed by atoms with van der Waals surface area (Å²) in [7, 11) is 0. The molecule has 1 aromatic carbocycles. The first-order valence-corrected chi connectivity index (χ1v) is 5.68. The molecule has 0 aliphatic carbocycles. The van der Waals surface area contributed by atoms with Gasteiger partial charge in [0.05, 0.1) is 5.70 Å². The van der Waals surface area contributed by atoms with E-state index in [4.69, 9.17) is 0 Å². The maximum absolute atomic E-state index is 12.6. The van der Waals surface area contributed by atoms with E-state index in [0.29, 0.717) is 11.3 Å². The van der Waals surface area contributed by atoms with Crippen LogP contribution in [0.5, 0.6) is 0 Å². The normalized spacial score (nSPS) is 15.4. The molecule has 0 fully saturated rings. The van der Waals surface area contributed by atoms with Gasteiger partial charge in [-0.2, -0.15) is 0 Å². The highest BCUT2D eigenvalue weighted by molar-refractivity contribution is 8.02. The number of ketones is 1. The van der Waals surface area contributed by atoms with Gasteiger partial charge in [-0.25, -0.2) is 4.39 Å². The molecule has 1 aromatic rings. The Bertz CT molecular complexity index is 400. The predicted molar refractivity (Wildman–Crippen MR) is 59.3 cm³/mol. The zero-order chi connectivity index (χ0) is 10.7. The Morgan fingerprint density at radius 1 is 1.33 bits per heavy atom. The largest absolute Gasteiger partial charge is 0.381 e. The summed E-state index contributed by atoms with van der Waals surface area (Å²) in [5, 5.41) is 4.84. The van der Waals surface area contributed by atoms with E-state index >= 15 is 0 Å². The van der Waals surface area contributed by atoms with Gasteiger partial charge >= 0.3 is 0 Å². The average molecular weight is 223 g/mol. The summed E-state index contributed by atoms with van der Waals surface area (Å²) in [5.41, 5.74) is 1.11. The highest BCUT2D eigenvalue weighted by Gasteiger charge is 2.13. The monoisotopic (exact) mass is 223 g/mol. The number of benzene rings is 1. The van der Waals surface area contributed by atoms with E-state index in [9.17, 15) is 9.18 Å². The second kappa shape index (κ2) is 4.49. The van der Waals surface area contributed by atoms with Gasteiger partial charge in [0, 0.05) is 17.9 Å². The number of allylic oxidation sites excluding steroid dienone is 1. The van der Waals surface area contributed by atoms with Crippen molar-refractivity contribution < 1.29 is 9.18 Å². The van der Waals surface area contributed by atoms with Gasteiger partial charge in [0.1, 0.15) is 5.82 Å². The Balaban J connectivity index is 2.20. The van der Waals surface area contributed by atoms with E-state index < -0.39 is 0 Å². The molecule has 1 N–H and O–H groups in total. The molecule has 0 atom stereocenters. The van der Waals surface area contributed by atoms with Crippen LogP contribution in [-0.4, -0.2) is 18.1 Å². The smallest absolute Gasteiger partial charge is 0.209 e. The third-order valence-electron chi connectivity index (χ3n) is 2.09. The molecule has 0 saturated heterocycles. The molecular weight excluding hydrogens is 213 g/mol. The number of carbonyl (C=O) groups excluding carboxylic acids is 1. The molecule has 1 aliphatic rings. The molecule has 4 heteroatoms. The quantitative estimate of drug-likeness (QED) is 0.779. The van der Waals surface area contributed by atoms with Crippen LogP contribution in [0, 0.1) is 5.82 Å². The second-order valence-electron chi connectivity index (χ2n) is 3.17. The Hall–Kier alpha value is -1.29. The average Bonchev–Trinajstić information content (AvgIpc) is 2.30. The fourth-order valence-electron chi connectivity index (χ4n) is 1.32. The van der Waals surface area contributed by atoms with E-state index in [1.165, 1.54) is 24.3 Å². The summed E-state index contributed by atoms with van der Waals surface area (Å²) in [6.07, 6.45) is 0. The summed E-state index contributed by atoms with van der Waals surface area (Å²) in [4.78, 5) is 11.8. The van der Waals surface area contributed by atoms with Gasteiger partial charge < -0.3 is 5.32 Å². The van der Waals surface area contributed by atoms with Crippen LogP contribution in [0.25, 0.3) is 0 Å². The van der Waals surface area contributed by atoms with Crippen LogP contribution in [0.15, 0.2) is 35.4 Å². The molecule has 1 heterocycles. The minimum Gasteiger partial charge on any atom is -0.381 e. The molecule has 0 radical (unpaired) electrons. The highest BCUT2D eigenvalue weighted by atomic mass is 32.2. The number of nitrogens with one attached hydrogen (secondary N) is 1. The number of rotatable bonds is 2. The number of Topliss-reactive ketones (excluding diaryl/α,β-unsaturated/α-hetero) is 1. The Kier molecular flexibility index (Phi) is 3.06. The van der Waals surface area contributed by atoms with Crippen molar-refractivity contribution in [2.45, 2.75) is 0 Å². The third kappa shape index (κ3) is 2.39. The van der Waals surface area contributed by atoms with Crippen LogP contribution in [0.2, 0.25) is 0 Å². The van der Waals surface area contributed by atoms with Crippen molar-refractivity contribution in [1.29, 1.82) is 0 Å². The summed E-state index contributed by atoms with van der Waals surface area (Å²) in [5.74, 6) is 0.564. The first kappa shape index (κ1) is 10.2. The van der Waals surface area contributed by atoms with Crippen molar-refractivity contribution >= 4 is 17.5 Å². The molecule has 15 heavy (non-hydrogen) atoms. The van der Waals surface area contributed by atoms with Crippen LogP contribution >= 0.6 is 11.8 Å². The van der Waals surface area contributed by atoms with Crippen molar-refractivity contribution in [3.8, 4) is 0 Å². The molecule has 0 spiro atoms. The summed E-state index contributed by atoms with van der Waals surface area (Å²) < 4.78 is 12.6. The van der Waals surface area contributed by atoms with Crippen LogP contribution in [-0.2, 0) is 0 Å². The predicted octanol–water partition coefficient (Wildman–Crippen LogP) is 2.19. The summed E-state index contributed by atoms with van der Waals surface area (Å²) >= 11 is 1.61. The minimum atomic E-state index is -0.327. The van der Waals surface area contributed by atoms with Crippen LogP contribution < -0.4 is 5.32 Å². The molecule has 2 rings (SSSR count). The number of thioether (sulfide) groups is 1. The van der Waals surface area contributed by atoms with Gasteiger partial charge in [-0.15, -0.1) is 11.8 Å². The number of hydrogen-bond donors (Lipinski definition) is 1. The first-order valence-electron chi connectivity index (χ1n) is 4.63. The molecular formula is C11H10FNOS. The van der Waals surface area contributed by atoms with Crippen molar-refractivity contribution in [3.63, 3.8) is 0 Å². The molecule has 2 nitrogen and oxygen atoms in total. The summed E-state index contributed by atoms with van der Waals surface area (Å²) in [6, 6.07) is 5.59. The number of hydrogen-bond acceptors (Lipinski definition) is 3. The summed E-state index contributed by atoms with van der Waals surface area (Å²) in [6.45, 7) is 0.795. The van der Waals surface area contributed by atoms with Crippen molar-refractivity contribution in [3.05, 3.63) is 46.8 Å². The van der Waals surface area contributed by atoms with Crippen molar-refractivity contribution in [1.82, 2.24) is 5.32 Å². The van der Waals surface area contributed by atoms with E-state index in [1.54, 1.807) is 11.8 Å². The standard InChI is InChI=1S/C11H10FNOS/c12-9-3-1-8(2-4-9)11(14)10-7-15-6-5-13-10/h1-4,7,13H,5-6H2. The second-order valence-corrected chi connectivity index (χ2v) is 4.14. The first-order chi connectivity index (χ1) is 7.27. The van der Waals surface area contributed by atoms with Gasteiger partial charge in [-0.1, -0.05) is 0 Å². The Morgan fingerprint density at radius 2 is 2.07 bits per heavy atom. The van der Waals surface area contributed by atoms with Crippen molar-refractivity contribution in [2.75, 3.05) is 12.3 Å².